The molecule has 4 aromatic rings. The van der Waals surface area contributed by atoms with E-state index in [2.05, 4.69) is 20.3 Å². The van der Waals surface area contributed by atoms with E-state index >= 15 is 0 Å². The van der Waals surface area contributed by atoms with E-state index in [1.807, 2.05) is 4.57 Å². The Hall–Kier alpha value is -3.79. The molecule has 1 aliphatic rings. The van der Waals surface area contributed by atoms with Crippen molar-refractivity contribution in [2.75, 3.05) is 6.54 Å². The quantitative estimate of drug-likeness (QED) is 0.455. The molecule has 2 amide bonds. The van der Waals surface area contributed by atoms with Gasteiger partial charge in [-0.05, 0) is 23.8 Å². The predicted octanol–water partition coefficient (Wildman–Crippen LogP) is 3.07. The smallest absolute Gasteiger partial charge is 0.268 e. The van der Waals surface area contributed by atoms with E-state index in [1.54, 1.807) is 29.6 Å². The fourth-order valence-electron chi connectivity index (χ4n) is 4.05. The largest absolute Gasteiger partial charge is 0.339 e. The topological polar surface area (TPSA) is 95.9 Å². The standard InChI is InChI=1S/C23H19ClF2N6O2/c24-15-5-14-7-19(29-21(14)28-9-15)22(33)30-20(6-13-1-2-16(25)8-18(13)26)23(34)31-3-4-32-12-27-10-17(32)11-31/h1-2,5,7-10,12,20H,3-4,6,11H2,(H,28,29)(H,30,33)/t20-/m0/s1. The number of carbonyl (C=O) groups is 2. The summed E-state index contributed by atoms with van der Waals surface area (Å²) in [7, 11) is 0. The number of benzene rings is 1. The molecule has 5 rings (SSSR count). The Bertz CT molecular complexity index is 1400. The highest BCUT2D eigenvalue weighted by Gasteiger charge is 2.30. The Kier molecular flexibility index (Phi) is 5.74. The molecule has 11 heteroatoms. The number of aromatic nitrogens is 4. The summed E-state index contributed by atoms with van der Waals surface area (Å²) in [6.07, 6.45) is 4.68. The van der Waals surface area contributed by atoms with Crippen molar-refractivity contribution in [2.24, 2.45) is 0 Å². The van der Waals surface area contributed by atoms with Gasteiger partial charge >= 0.3 is 0 Å². The molecule has 0 aliphatic carbocycles. The molecular weight excluding hydrogens is 466 g/mol. The summed E-state index contributed by atoms with van der Waals surface area (Å²) in [5.41, 5.74) is 1.62. The van der Waals surface area contributed by atoms with Crippen molar-refractivity contribution in [2.45, 2.75) is 25.6 Å². The van der Waals surface area contributed by atoms with Gasteiger partial charge in [-0.15, -0.1) is 0 Å². The second kappa shape index (κ2) is 8.86. The third-order valence-electron chi connectivity index (χ3n) is 5.80. The van der Waals surface area contributed by atoms with Crippen molar-refractivity contribution in [3.63, 3.8) is 0 Å². The number of rotatable bonds is 5. The molecule has 2 N–H and O–H groups in total. The number of hydrogen-bond acceptors (Lipinski definition) is 4. The molecule has 1 aromatic carbocycles. The van der Waals surface area contributed by atoms with Crippen LogP contribution < -0.4 is 5.32 Å². The Balaban J connectivity index is 1.41. The summed E-state index contributed by atoms with van der Waals surface area (Å²) in [4.78, 5) is 39.2. The first-order valence-electron chi connectivity index (χ1n) is 10.5. The van der Waals surface area contributed by atoms with Crippen LogP contribution in [0.25, 0.3) is 11.0 Å². The summed E-state index contributed by atoms with van der Waals surface area (Å²) in [6.45, 7) is 1.28. The minimum atomic E-state index is -1.08. The molecule has 4 heterocycles. The normalized spacial score (nSPS) is 14.1. The van der Waals surface area contributed by atoms with E-state index in [-0.39, 0.29) is 23.6 Å². The minimum absolute atomic E-state index is 0.118. The van der Waals surface area contributed by atoms with Crippen molar-refractivity contribution in [1.29, 1.82) is 0 Å². The number of nitrogens with one attached hydrogen (secondary N) is 2. The number of carbonyl (C=O) groups excluding carboxylic acids is 2. The van der Waals surface area contributed by atoms with Gasteiger partial charge in [0.15, 0.2) is 0 Å². The number of nitrogens with zero attached hydrogens (tertiary/aromatic N) is 4. The first-order valence-corrected chi connectivity index (χ1v) is 10.9. The maximum Gasteiger partial charge on any atom is 0.268 e. The van der Waals surface area contributed by atoms with E-state index in [4.69, 9.17) is 11.6 Å². The van der Waals surface area contributed by atoms with Crippen molar-refractivity contribution in [3.05, 3.63) is 82.7 Å². The van der Waals surface area contributed by atoms with Crippen LogP contribution in [0.4, 0.5) is 8.78 Å². The zero-order valence-corrected chi connectivity index (χ0v) is 18.5. The lowest BCUT2D eigenvalue weighted by Crippen LogP contribution is -2.51. The van der Waals surface area contributed by atoms with Crippen LogP contribution in [0.5, 0.6) is 0 Å². The molecule has 0 unspecified atom stereocenters. The summed E-state index contributed by atoms with van der Waals surface area (Å²) in [5.74, 6) is -2.44. The fourth-order valence-corrected chi connectivity index (χ4v) is 4.21. The summed E-state index contributed by atoms with van der Waals surface area (Å²) < 4.78 is 29.7. The zero-order valence-electron chi connectivity index (χ0n) is 17.8. The monoisotopic (exact) mass is 484 g/mol. The zero-order chi connectivity index (χ0) is 23.8. The minimum Gasteiger partial charge on any atom is -0.339 e. The number of imidazole rings is 1. The molecule has 0 fully saturated rings. The molecule has 0 saturated heterocycles. The fraction of sp³-hybridized carbons (Fsp3) is 0.217. The van der Waals surface area contributed by atoms with Gasteiger partial charge in [0, 0.05) is 43.4 Å². The van der Waals surface area contributed by atoms with Crippen LogP contribution in [0, 0.1) is 11.6 Å². The third-order valence-corrected chi connectivity index (χ3v) is 6.00. The highest BCUT2D eigenvalue weighted by Crippen LogP contribution is 2.19. The SMILES string of the molecule is O=C(N[C@@H](Cc1ccc(F)cc1F)C(=O)N1CCn2cncc2C1)c1cc2cc(Cl)cnc2[nH]1. The van der Waals surface area contributed by atoms with Crippen LogP contribution >= 0.6 is 11.6 Å². The molecule has 0 bridgehead atoms. The Morgan fingerprint density at radius 3 is 2.85 bits per heavy atom. The van der Waals surface area contributed by atoms with Gasteiger partial charge in [-0.3, -0.25) is 9.59 Å². The number of hydrogen-bond donors (Lipinski definition) is 2. The van der Waals surface area contributed by atoms with Gasteiger partial charge in [0.25, 0.3) is 5.91 Å². The third kappa shape index (κ3) is 4.36. The van der Waals surface area contributed by atoms with Gasteiger partial charge in [0.2, 0.25) is 5.91 Å². The van der Waals surface area contributed by atoms with E-state index < -0.39 is 23.6 Å². The van der Waals surface area contributed by atoms with Crippen molar-refractivity contribution in [3.8, 4) is 0 Å². The number of H-pyrrole nitrogens is 1. The maximum atomic E-state index is 14.4. The number of amides is 2. The van der Waals surface area contributed by atoms with E-state index in [1.165, 1.54) is 12.3 Å². The van der Waals surface area contributed by atoms with Crippen LogP contribution in [-0.4, -0.2) is 48.8 Å². The molecule has 0 spiro atoms. The average Bonchev–Trinajstić information content (AvgIpc) is 3.45. The number of aromatic amines is 1. The Morgan fingerprint density at radius 2 is 2.03 bits per heavy atom. The first-order chi connectivity index (χ1) is 16.4. The van der Waals surface area contributed by atoms with Crippen LogP contribution in [0.15, 0.2) is 49.1 Å². The number of fused-ring (bicyclic) bond motifs is 2. The van der Waals surface area contributed by atoms with E-state index in [9.17, 15) is 18.4 Å². The highest BCUT2D eigenvalue weighted by atomic mass is 35.5. The Labute approximate surface area is 197 Å². The first kappa shape index (κ1) is 22.0. The Morgan fingerprint density at radius 1 is 1.18 bits per heavy atom. The summed E-state index contributed by atoms with van der Waals surface area (Å²) in [5, 5.41) is 3.76. The molecular formula is C23H19ClF2N6O2. The lowest BCUT2D eigenvalue weighted by atomic mass is 10.0. The van der Waals surface area contributed by atoms with Crippen LogP contribution in [0.3, 0.4) is 0 Å². The molecule has 0 saturated carbocycles. The molecule has 3 aromatic heterocycles. The van der Waals surface area contributed by atoms with E-state index in [0.717, 1.165) is 17.8 Å². The predicted molar refractivity (Wildman–Crippen MR) is 120 cm³/mol. The van der Waals surface area contributed by atoms with Crippen molar-refractivity contribution in [1.82, 2.24) is 29.7 Å². The van der Waals surface area contributed by atoms with Gasteiger partial charge in [0.05, 0.1) is 23.6 Å². The van der Waals surface area contributed by atoms with Crippen molar-refractivity contribution < 1.29 is 18.4 Å². The average molecular weight is 485 g/mol. The molecule has 8 nitrogen and oxygen atoms in total. The maximum absolute atomic E-state index is 14.4. The molecule has 1 aliphatic heterocycles. The van der Waals surface area contributed by atoms with E-state index in [0.29, 0.717) is 35.7 Å². The summed E-state index contributed by atoms with van der Waals surface area (Å²) in [6, 6.07) is 5.30. The van der Waals surface area contributed by atoms with Gasteiger partial charge in [-0.2, -0.15) is 0 Å². The van der Waals surface area contributed by atoms with Crippen LogP contribution in [-0.2, 0) is 24.3 Å². The van der Waals surface area contributed by atoms with Crippen LogP contribution in [0.1, 0.15) is 21.7 Å². The highest BCUT2D eigenvalue weighted by molar-refractivity contribution is 6.31. The lowest BCUT2D eigenvalue weighted by Gasteiger charge is -2.31. The van der Waals surface area contributed by atoms with Gasteiger partial charge in [-0.25, -0.2) is 18.7 Å². The molecule has 1 atom stereocenters. The molecule has 34 heavy (non-hydrogen) atoms. The van der Waals surface area contributed by atoms with Gasteiger partial charge in [0.1, 0.15) is 29.0 Å². The van der Waals surface area contributed by atoms with Gasteiger partial charge in [-0.1, -0.05) is 17.7 Å². The molecule has 0 radical (unpaired) electrons. The number of halogens is 3. The number of pyridine rings is 1. The van der Waals surface area contributed by atoms with Crippen LogP contribution in [0.2, 0.25) is 5.02 Å². The molecule has 174 valence electrons. The van der Waals surface area contributed by atoms with Gasteiger partial charge < -0.3 is 19.8 Å². The second-order valence-electron chi connectivity index (χ2n) is 8.08. The van der Waals surface area contributed by atoms with Crippen molar-refractivity contribution >= 4 is 34.4 Å². The lowest BCUT2D eigenvalue weighted by molar-refractivity contribution is -0.134. The second-order valence-corrected chi connectivity index (χ2v) is 8.51. The summed E-state index contributed by atoms with van der Waals surface area (Å²) >= 11 is 5.97.